The van der Waals surface area contributed by atoms with Crippen LogP contribution in [0.2, 0.25) is 0 Å². The van der Waals surface area contributed by atoms with Crippen LogP contribution in [0.5, 0.6) is 0 Å². The van der Waals surface area contributed by atoms with Gasteiger partial charge < -0.3 is 35.3 Å². The Kier molecular flexibility index (Phi) is 123. The molecule has 0 spiro atoms. The molecule has 0 bridgehead atoms. The van der Waals surface area contributed by atoms with Gasteiger partial charge in [0.1, 0.15) is 0 Å². The second kappa shape index (κ2) is 17.0. The molecular weight excluding hydrogens is 332 g/mol. The van der Waals surface area contributed by atoms with E-state index in [1.165, 1.54) is 0 Å². The molecule has 0 aliphatic carbocycles. The smallest absolute Gasteiger partial charge is 3.00 e. The molecule has 0 aromatic rings. The summed E-state index contributed by atoms with van der Waals surface area (Å²) in [5, 5.41) is 0. The van der Waals surface area contributed by atoms with Crippen molar-refractivity contribution >= 4 is 87.0 Å². The fraction of sp³-hybridized carbons (Fsp3) is 0. The Labute approximate surface area is 85.5 Å². The number of rotatable bonds is 0. The standard InChI is InChI=1S/Al.As.2In/q2*-3;2*+3. The Bertz CT molecular complexity index is 6.00. The quantitative estimate of drug-likeness (QED) is 0.473. The molecule has 0 unspecified atom stereocenters. The van der Waals surface area contributed by atoms with Crippen LogP contribution in [-0.4, -0.2) is 87.0 Å². The van der Waals surface area contributed by atoms with E-state index in [1.807, 2.05) is 0 Å². The van der Waals surface area contributed by atoms with Crippen molar-refractivity contribution in [2.45, 2.75) is 0 Å². The van der Waals surface area contributed by atoms with Gasteiger partial charge in [-0.2, -0.15) is 0 Å². The molecule has 0 aliphatic rings. The van der Waals surface area contributed by atoms with E-state index in [0.717, 1.165) is 0 Å². The zero-order valence-electron chi connectivity index (χ0n) is 2.18. The molecule has 14 valence electrons. The van der Waals surface area contributed by atoms with E-state index in [1.54, 1.807) is 0 Å². The molecule has 0 amide bonds. The van der Waals surface area contributed by atoms with Crippen molar-refractivity contribution in [2.24, 2.45) is 0 Å². The summed E-state index contributed by atoms with van der Waals surface area (Å²) in [5.41, 5.74) is 0. The molecule has 0 atom stereocenters. The molecule has 0 saturated heterocycles. The van der Waals surface area contributed by atoms with E-state index < -0.39 is 0 Å². The summed E-state index contributed by atoms with van der Waals surface area (Å²) in [6, 6.07) is 0. The molecule has 4 heavy (non-hydrogen) atoms. The number of hydrogen-bond donors (Lipinski definition) is 0. The van der Waals surface area contributed by atoms with Gasteiger partial charge in [-0.05, 0) is 0 Å². The predicted octanol–water partition coefficient (Wildman–Crippen LogP) is -1.52. The van der Waals surface area contributed by atoms with Crippen LogP contribution in [0.3, 0.4) is 0 Å². The summed E-state index contributed by atoms with van der Waals surface area (Å²) in [6.45, 7) is 0. The van der Waals surface area contributed by atoms with Crippen LogP contribution in [0.1, 0.15) is 0 Å². The second-order valence-corrected chi connectivity index (χ2v) is 0. The number of hydrogen-bond acceptors (Lipinski definition) is 0. The minimum atomic E-state index is 0. The van der Waals surface area contributed by atoms with Gasteiger partial charge in [0.05, 0.1) is 0 Å². The van der Waals surface area contributed by atoms with Crippen molar-refractivity contribution in [3.8, 4) is 0 Å². The molecule has 0 N–H and O–H groups in total. The SMILES string of the molecule is [Al-3].[As-3].[In+3].[In+3]. The van der Waals surface area contributed by atoms with Gasteiger partial charge in [-0.15, -0.1) is 0 Å². The van der Waals surface area contributed by atoms with Gasteiger partial charge in [-0.1, -0.05) is 0 Å². The van der Waals surface area contributed by atoms with Crippen LogP contribution in [0.25, 0.3) is 0 Å². The van der Waals surface area contributed by atoms with Gasteiger partial charge in [-0.25, -0.2) is 0 Å². The first-order valence-corrected chi connectivity index (χ1v) is 0. The van der Waals surface area contributed by atoms with Crippen molar-refractivity contribution in [1.29, 1.82) is 0 Å². The van der Waals surface area contributed by atoms with Crippen molar-refractivity contribution in [3.63, 3.8) is 0 Å². The van der Waals surface area contributed by atoms with Crippen LogP contribution in [0, 0.1) is 0 Å². The molecule has 0 nitrogen and oxygen atoms in total. The van der Waals surface area contributed by atoms with Crippen molar-refractivity contribution in [2.75, 3.05) is 0 Å². The minimum absolute atomic E-state index is 0. The molecule has 2 radical (unpaired) electrons. The van der Waals surface area contributed by atoms with Gasteiger partial charge in [0, 0.05) is 0 Å². The molecule has 4 heteroatoms. The Morgan fingerprint density at radius 1 is 0.750 bits per heavy atom. The fourth-order valence-corrected chi connectivity index (χ4v) is 0. The molecule has 0 aromatic carbocycles. The van der Waals surface area contributed by atoms with E-state index >= 15 is 0 Å². The molecule has 0 heterocycles. The fourth-order valence-electron chi connectivity index (χ4n) is 0. The third-order valence-electron chi connectivity index (χ3n) is 0. The average molecular weight is 332 g/mol. The topological polar surface area (TPSA) is 0 Å². The van der Waals surface area contributed by atoms with Gasteiger partial charge >= 0.3 is 51.7 Å². The Morgan fingerprint density at radius 2 is 0.750 bits per heavy atom. The molecule has 0 aromatic heterocycles. The summed E-state index contributed by atoms with van der Waals surface area (Å²) in [5.74, 6) is 0. The summed E-state index contributed by atoms with van der Waals surface area (Å²) >= 11 is 0. The third kappa shape index (κ3) is 8.85. The molecular formula is AlAsIn2. The van der Waals surface area contributed by atoms with Crippen molar-refractivity contribution in [1.82, 2.24) is 0 Å². The van der Waals surface area contributed by atoms with Crippen LogP contribution in [0.4, 0.5) is 0 Å². The van der Waals surface area contributed by atoms with Crippen molar-refractivity contribution in [3.05, 3.63) is 0 Å². The Balaban J connectivity index is 0. The summed E-state index contributed by atoms with van der Waals surface area (Å²) in [4.78, 5) is 0. The predicted molar refractivity (Wildman–Crippen MR) is 23.0 cm³/mol. The van der Waals surface area contributed by atoms with Gasteiger partial charge in [-0.3, -0.25) is 0 Å². The zero-order valence-corrected chi connectivity index (χ0v) is 11.8. The summed E-state index contributed by atoms with van der Waals surface area (Å²) < 4.78 is 0. The van der Waals surface area contributed by atoms with Crippen molar-refractivity contribution < 1.29 is 0 Å². The molecule has 0 aliphatic heterocycles. The largest absolute Gasteiger partial charge is 3.00 e. The molecule has 0 fully saturated rings. The van der Waals surface area contributed by atoms with E-state index in [-0.39, 0.29) is 87.0 Å². The van der Waals surface area contributed by atoms with Gasteiger partial charge in [0.25, 0.3) is 0 Å². The van der Waals surface area contributed by atoms with E-state index in [0.29, 0.717) is 0 Å². The van der Waals surface area contributed by atoms with E-state index in [4.69, 9.17) is 0 Å². The first kappa shape index (κ1) is 29.0. The van der Waals surface area contributed by atoms with Crippen LogP contribution < -0.4 is 0 Å². The monoisotopic (exact) mass is 332 g/mol. The normalized spacial score (nSPS) is 0. The third-order valence-corrected chi connectivity index (χ3v) is 0. The Morgan fingerprint density at radius 3 is 0.750 bits per heavy atom. The van der Waals surface area contributed by atoms with Gasteiger partial charge in [0.2, 0.25) is 0 Å². The maximum Gasteiger partial charge on any atom is 3.00 e. The van der Waals surface area contributed by atoms with E-state index in [9.17, 15) is 0 Å². The maximum atomic E-state index is 0. The van der Waals surface area contributed by atoms with Gasteiger partial charge in [0.15, 0.2) is 0 Å². The minimum Gasteiger partial charge on any atom is -3.00 e. The summed E-state index contributed by atoms with van der Waals surface area (Å²) in [6.07, 6.45) is 0. The zero-order chi connectivity index (χ0) is 0. The first-order chi connectivity index (χ1) is 0. The maximum absolute atomic E-state index is 0. The van der Waals surface area contributed by atoms with E-state index in [2.05, 4.69) is 0 Å². The second-order valence-electron chi connectivity index (χ2n) is 0. The van der Waals surface area contributed by atoms with Crippen LogP contribution in [-0.2, 0) is 0 Å². The summed E-state index contributed by atoms with van der Waals surface area (Å²) in [7, 11) is 0. The molecule has 0 saturated carbocycles. The average Bonchev–Trinajstić information content (AvgIpc) is 0. The van der Waals surface area contributed by atoms with Crippen LogP contribution in [0.15, 0.2) is 0 Å². The van der Waals surface area contributed by atoms with Crippen LogP contribution >= 0.6 is 0 Å². The Hall–Kier alpha value is 2.83. The molecule has 0 rings (SSSR count). The first-order valence-electron chi connectivity index (χ1n) is 0.